The fraction of sp³-hybridized carbons (Fsp3) is 0.667. The number of carbonyl (C=O) groups excluding carboxylic acids is 2. The molecule has 140 valence electrons. The summed E-state index contributed by atoms with van der Waals surface area (Å²) in [5.74, 6) is 0.842. The van der Waals surface area contributed by atoms with E-state index in [1.807, 2.05) is 6.92 Å². The standard InChI is InChI=1S/C21H28N2O3/c1-12-15-4-8-21(3)9-5-16(13(2)17(21)18(15)26-20(12)25)23-19(24)14-6-10-22-11-7-14/h6-7,10-13,15-18H,4-5,8-9H2,1-3H3,(H,23,24)/t12-,13-,15+,16+,17-,18+,21+/m1/s1. The maximum atomic E-state index is 12.6. The summed E-state index contributed by atoms with van der Waals surface area (Å²) in [6.07, 6.45) is 7.56. The Balaban J connectivity index is 1.54. The maximum Gasteiger partial charge on any atom is 0.309 e. The molecule has 1 N–H and O–H groups in total. The van der Waals surface area contributed by atoms with Gasteiger partial charge in [0.25, 0.3) is 5.91 Å². The van der Waals surface area contributed by atoms with Crippen molar-refractivity contribution in [3.63, 3.8) is 0 Å². The fourth-order valence-corrected chi connectivity index (χ4v) is 5.78. The predicted octanol–water partition coefficient (Wildman–Crippen LogP) is 3.20. The van der Waals surface area contributed by atoms with E-state index >= 15 is 0 Å². The van der Waals surface area contributed by atoms with Crippen LogP contribution in [0.3, 0.4) is 0 Å². The van der Waals surface area contributed by atoms with Crippen LogP contribution in [0.2, 0.25) is 0 Å². The van der Waals surface area contributed by atoms with Gasteiger partial charge >= 0.3 is 5.97 Å². The van der Waals surface area contributed by atoms with Crippen LogP contribution in [-0.2, 0) is 9.53 Å². The number of rotatable bonds is 2. The highest BCUT2D eigenvalue weighted by molar-refractivity contribution is 5.94. The Bertz CT molecular complexity index is 706. The second-order valence-corrected chi connectivity index (χ2v) is 8.79. The Kier molecular flexibility index (Phi) is 4.28. The highest BCUT2D eigenvalue weighted by Crippen LogP contribution is 2.57. The summed E-state index contributed by atoms with van der Waals surface area (Å²) >= 11 is 0. The molecule has 1 aromatic rings. The number of esters is 1. The van der Waals surface area contributed by atoms with E-state index in [2.05, 4.69) is 24.1 Å². The number of hydrogen-bond acceptors (Lipinski definition) is 4. The summed E-state index contributed by atoms with van der Waals surface area (Å²) in [6.45, 7) is 6.58. The van der Waals surface area contributed by atoms with Crippen LogP contribution in [-0.4, -0.2) is 29.0 Å². The number of hydrogen-bond donors (Lipinski definition) is 1. The number of ether oxygens (including phenoxy) is 1. The van der Waals surface area contributed by atoms with Crippen molar-refractivity contribution in [2.75, 3.05) is 0 Å². The molecule has 5 heteroatoms. The molecular formula is C21H28N2O3. The highest BCUT2D eigenvalue weighted by atomic mass is 16.6. The topological polar surface area (TPSA) is 68.3 Å². The first-order valence-electron chi connectivity index (χ1n) is 9.82. The van der Waals surface area contributed by atoms with Crippen molar-refractivity contribution < 1.29 is 14.3 Å². The van der Waals surface area contributed by atoms with E-state index in [9.17, 15) is 9.59 Å². The molecular weight excluding hydrogens is 328 g/mol. The van der Waals surface area contributed by atoms with Crippen molar-refractivity contribution in [1.29, 1.82) is 0 Å². The minimum Gasteiger partial charge on any atom is -0.462 e. The molecule has 0 bridgehead atoms. The molecule has 0 spiro atoms. The van der Waals surface area contributed by atoms with E-state index in [1.54, 1.807) is 24.5 Å². The second-order valence-electron chi connectivity index (χ2n) is 8.79. The summed E-state index contributed by atoms with van der Waals surface area (Å²) < 4.78 is 5.86. The number of nitrogens with zero attached hydrogens (tertiary/aromatic N) is 1. The number of nitrogens with one attached hydrogen (secondary N) is 1. The van der Waals surface area contributed by atoms with Crippen LogP contribution in [0.15, 0.2) is 24.5 Å². The third-order valence-electron chi connectivity index (χ3n) is 7.38. The van der Waals surface area contributed by atoms with Crippen LogP contribution in [0.1, 0.15) is 56.8 Å². The average molecular weight is 356 g/mol. The fourth-order valence-electron chi connectivity index (χ4n) is 5.78. The summed E-state index contributed by atoms with van der Waals surface area (Å²) in [7, 11) is 0. The van der Waals surface area contributed by atoms with Gasteiger partial charge in [0.05, 0.1) is 5.92 Å². The molecule has 7 atom stereocenters. The molecule has 4 rings (SSSR count). The SMILES string of the molecule is C[C@H]1[C@@H]2[C@H]3OC(=O)[C@H](C)[C@@H]3CC[C@@]2(C)CC[C@@H]1NC(=O)c1ccncc1. The number of pyridine rings is 1. The lowest BCUT2D eigenvalue weighted by molar-refractivity contribution is -0.153. The minimum absolute atomic E-state index is 0.00327. The van der Waals surface area contributed by atoms with Crippen molar-refractivity contribution in [2.24, 2.45) is 29.1 Å². The lowest BCUT2D eigenvalue weighted by Crippen LogP contribution is -2.57. The van der Waals surface area contributed by atoms with Gasteiger partial charge in [-0.25, -0.2) is 0 Å². The quantitative estimate of drug-likeness (QED) is 0.826. The zero-order valence-electron chi connectivity index (χ0n) is 15.8. The first-order chi connectivity index (χ1) is 12.4. The normalized spacial score (nSPS) is 41.7. The van der Waals surface area contributed by atoms with Crippen LogP contribution in [0.5, 0.6) is 0 Å². The number of carbonyl (C=O) groups is 2. The first-order valence-corrected chi connectivity index (χ1v) is 9.82. The smallest absolute Gasteiger partial charge is 0.309 e. The number of fused-ring (bicyclic) bond motifs is 3. The van der Waals surface area contributed by atoms with E-state index in [4.69, 9.17) is 4.74 Å². The Morgan fingerprint density at radius 1 is 1.23 bits per heavy atom. The molecule has 26 heavy (non-hydrogen) atoms. The summed E-state index contributed by atoms with van der Waals surface area (Å²) in [5.41, 5.74) is 0.839. The summed E-state index contributed by atoms with van der Waals surface area (Å²) in [6, 6.07) is 3.59. The van der Waals surface area contributed by atoms with Crippen molar-refractivity contribution in [3.05, 3.63) is 30.1 Å². The van der Waals surface area contributed by atoms with Crippen molar-refractivity contribution >= 4 is 11.9 Å². The predicted molar refractivity (Wildman–Crippen MR) is 97.3 cm³/mol. The monoisotopic (exact) mass is 356 g/mol. The van der Waals surface area contributed by atoms with Crippen LogP contribution in [0, 0.1) is 29.1 Å². The lowest BCUT2D eigenvalue weighted by Gasteiger charge is -2.54. The summed E-state index contributed by atoms with van der Waals surface area (Å²) in [4.78, 5) is 28.8. The Morgan fingerprint density at radius 3 is 2.65 bits per heavy atom. The maximum absolute atomic E-state index is 12.6. The van der Waals surface area contributed by atoms with E-state index in [1.165, 1.54) is 0 Å². The molecule has 2 heterocycles. The highest BCUT2D eigenvalue weighted by Gasteiger charge is 2.58. The molecule has 2 saturated carbocycles. The Hall–Kier alpha value is -1.91. The van der Waals surface area contributed by atoms with E-state index in [-0.39, 0.29) is 41.3 Å². The minimum atomic E-state index is -0.0444. The molecule has 1 aliphatic heterocycles. The molecule has 0 unspecified atom stereocenters. The lowest BCUT2D eigenvalue weighted by atomic mass is 9.52. The Labute approximate surface area is 154 Å². The van der Waals surface area contributed by atoms with E-state index in [0.29, 0.717) is 17.4 Å². The van der Waals surface area contributed by atoms with Gasteiger partial charge in [-0.05, 0) is 49.1 Å². The van der Waals surface area contributed by atoms with Gasteiger partial charge in [-0.1, -0.05) is 20.8 Å². The number of aromatic nitrogens is 1. The Morgan fingerprint density at radius 2 is 1.92 bits per heavy atom. The zero-order chi connectivity index (χ0) is 18.5. The molecule has 2 aliphatic carbocycles. The molecule has 1 saturated heterocycles. The molecule has 0 radical (unpaired) electrons. The van der Waals surface area contributed by atoms with Gasteiger partial charge in [0.1, 0.15) is 6.10 Å². The van der Waals surface area contributed by atoms with Gasteiger partial charge in [0.2, 0.25) is 0 Å². The van der Waals surface area contributed by atoms with E-state index in [0.717, 1.165) is 25.7 Å². The second kappa shape index (κ2) is 6.36. The first kappa shape index (κ1) is 17.5. The van der Waals surface area contributed by atoms with Gasteiger partial charge in [-0.3, -0.25) is 14.6 Å². The molecule has 3 aliphatic rings. The average Bonchev–Trinajstić information content (AvgIpc) is 2.92. The molecule has 1 aromatic heterocycles. The number of amides is 1. The third-order valence-corrected chi connectivity index (χ3v) is 7.38. The van der Waals surface area contributed by atoms with Crippen molar-refractivity contribution in [2.45, 2.75) is 58.6 Å². The molecule has 1 amide bonds. The third kappa shape index (κ3) is 2.72. The molecule has 3 fully saturated rings. The van der Waals surface area contributed by atoms with Gasteiger partial charge in [-0.15, -0.1) is 0 Å². The van der Waals surface area contributed by atoms with Gasteiger partial charge in [-0.2, -0.15) is 0 Å². The van der Waals surface area contributed by atoms with Gasteiger partial charge in [0, 0.05) is 35.8 Å². The largest absolute Gasteiger partial charge is 0.462 e. The van der Waals surface area contributed by atoms with Crippen LogP contribution < -0.4 is 5.32 Å². The van der Waals surface area contributed by atoms with Crippen LogP contribution in [0.4, 0.5) is 0 Å². The van der Waals surface area contributed by atoms with Crippen LogP contribution in [0.25, 0.3) is 0 Å². The van der Waals surface area contributed by atoms with Crippen LogP contribution >= 0.6 is 0 Å². The van der Waals surface area contributed by atoms with Crippen molar-refractivity contribution in [1.82, 2.24) is 10.3 Å². The van der Waals surface area contributed by atoms with Crippen molar-refractivity contribution in [3.8, 4) is 0 Å². The van der Waals surface area contributed by atoms with E-state index < -0.39 is 0 Å². The van der Waals surface area contributed by atoms with Gasteiger partial charge < -0.3 is 10.1 Å². The van der Waals surface area contributed by atoms with Gasteiger partial charge in [0.15, 0.2) is 0 Å². The molecule has 0 aromatic carbocycles. The molecule has 5 nitrogen and oxygen atoms in total. The zero-order valence-corrected chi connectivity index (χ0v) is 15.8. The summed E-state index contributed by atoms with van der Waals surface area (Å²) in [5, 5.41) is 3.23.